The van der Waals surface area contributed by atoms with Gasteiger partial charge in [0.2, 0.25) is 0 Å². The molecule has 0 heterocycles. The summed E-state index contributed by atoms with van der Waals surface area (Å²) in [4.78, 5) is 22.7. The maximum atomic E-state index is 11.6. The topological polar surface area (TPSA) is 75.6 Å². The number of aliphatic carboxylic acids is 1. The van der Waals surface area contributed by atoms with Gasteiger partial charge < -0.3 is 15.2 Å². The van der Waals surface area contributed by atoms with E-state index in [2.05, 4.69) is 18.8 Å². The molecule has 0 aliphatic rings. The van der Waals surface area contributed by atoms with Gasteiger partial charge in [-0.3, -0.25) is 0 Å². The average Bonchev–Trinajstić information content (AvgIpc) is 2.29. The van der Waals surface area contributed by atoms with Gasteiger partial charge in [-0.05, 0) is 52.4 Å². The molecule has 2 unspecified atom stereocenters. The van der Waals surface area contributed by atoms with E-state index in [0.717, 1.165) is 19.3 Å². The predicted molar refractivity (Wildman–Crippen MR) is 78.6 cm³/mol. The lowest BCUT2D eigenvalue weighted by atomic mass is 9.97. The van der Waals surface area contributed by atoms with E-state index in [-0.39, 0.29) is 0 Å². The highest BCUT2D eigenvalue weighted by molar-refractivity contribution is 5.79. The first kappa shape index (κ1) is 18.5. The number of hydrogen-bond acceptors (Lipinski definition) is 3. The number of allylic oxidation sites excluding steroid dienone is 1. The minimum atomic E-state index is -1.04. The fourth-order valence-electron chi connectivity index (χ4n) is 1.71. The molecule has 0 fully saturated rings. The fourth-order valence-corrected chi connectivity index (χ4v) is 1.71. The van der Waals surface area contributed by atoms with E-state index in [1.54, 1.807) is 20.8 Å². The Balaban J connectivity index is 4.27. The lowest BCUT2D eigenvalue weighted by molar-refractivity contribution is -0.139. The number of rotatable bonds is 8. The Bertz CT molecular complexity index is 333. The summed E-state index contributed by atoms with van der Waals surface area (Å²) in [5, 5.41) is 11.5. The average molecular weight is 285 g/mol. The van der Waals surface area contributed by atoms with Crippen molar-refractivity contribution in [1.29, 1.82) is 0 Å². The van der Waals surface area contributed by atoms with Gasteiger partial charge in [0, 0.05) is 0 Å². The number of carbonyl (C=O) groups excluding carboxylic acids is 1. The molecule has 20 heavy (non-hydrogen) atoms. The molecule has 1 amide bonds. The van der Waals surface area contributed by atoms with E-state index in [1.165, 1.54) is 0 Å². The molecule has 2 atom stereocenters. The molecular weight excluding hydrogens is 258 g/mol. The monoisotopic (exact) mass is 285 g/mol. The second-order valence-corrected chi connectivity index (χ2v) is 6.09. The number of ether oxygens (including phenoxy) is 1. The lowest BCUT2D eigenvalue weighted by Crippen LogP contribution is -2.43. The van der Waals surface area contributed by atoms with Crippen LogP contribution in [0.15, 0.2) is 12.7 Å². The Hall–Kier alpha value is -1.52. The first-order valence-corrected chi connectivity index (χ1v) is 6.99. The highest BCUT2D eigenvalue weighted by atomic mass is 16.6. The molecule has 0 spiro atoms. The van der Waals surface area contributed by atoms with Crippen LogP contribution in [0, 0.1) is 5.92 Å². The van der Waals surface area contributed by atoms with Crippen LogP contribution in [0.4, 0.5) is 4.79 Å². The molecule has 0 rings (SSSR count). The lowest BCUT2D eigenvalue weighted by Gasteiger charge is -2.22. The van der Waals surface area contributed by atoms with Gasteiger partial charge in [0.1, 0.15) is 11.6 Å². The molecule has 5 heteroatoms. The minimum absolute atomic E-state index is 0.396. The molecule has 0 radical (unpaired) electrons. The molecule has 0 aromatic heterocycles. The summed E-state index contributed by atoms with van der Waals surface area (Å²) in [5.74, 6) is -0.637. The van der Waals surface area contributed by atoms with E-state index >= 15 is 0 Å². The third kappa shape index (κ3) is 9.42. The zero-order valence-electron chi connectivity index (χ0n) is 12.9. The highest BCUT2D eigenvalue weighted by Gasteiger charge is 2.24. The van der Waals surface area contributed by atoms with E-state index in [4.69, 9.17) is 9.84 Å². The standard InChI is InChI=1S/C15H27NO4/c1-6-7-8-11(2)9-10-12(13(17)18)16-14(19)20-15(3,4)5/h6,11-12H,1,7-10H2,2-5H3,(H,16,19)(H,17,18). The molecule has 2 N–H and O–H groups in total. The number of nitrogens with one attached hydrogen (secondary N) is 1. The number of carbonyl (C=O) groups is 2. The van der Waals surface area contributed by atoms with Crippen LogP contribution < -0.4 is 5.32 Å². The van der Waals surface area contributed by atoms with Crippen molar-refractivity contribution in [2.24, 2.45) is 5.92 Å². The third-order valence-electron chi connectivity index (χ3n) is 2.80. The minimum Gasteiger partial charge on any atom is -0.480 e. The van der Waals surface area contributed by atoms with Gasteiger partial charge >= 0.3 is 12.1 Å². The molecule has 0 saturated carbocycles. The second kappa shape index (κ2) is 8.61. The van der Waals surface area contributed by atoms with Crippen LogP contribution in [0.25, 0.3) is 0 Å². The molecule has 0 aromatic carbocycles. The largest absolute Gasteiger partial charge is 0.480 e. The number of carboxylic acids is 1. The summed E-state index contributed by atoms with van der Waals surface area (Å²) in [5.41, 5.74) is -0.635. The molecule has 0 aromatic rings. The van der Waals surface area contributed by atoms with Gasteiger partial charge in [0.25, 0.3) is 0 Å². The molecule has 0 saturated heterocycles. The van der Waals surface area contributed by atoms with Crippen molar-refractivity contribution in [2.45, 2.75) is 65.0 Å². The van der Waals surface area contributed by atoms with Crippen LogP contribution in [0.1, 0.15) is 53.4 Å². The van der Waals surface area contributed by atoms with Gasteiger partial charge in [-0.1, -0.05) is 13.0 Å². The van der Waals surface area contributed by atoms with E-state index in [0.29, 0.717) is 12.3 Å². The normalized spacial score (nSPS) is 14.2. The Morgan fingerprint density at radius 1 is 1.30 bits per heavy atom. The first-order chi connectivity index (χ1) is 9.15. The smallest absolute Gasteiger partial charge is 0.408 e. The van der Waals surface area contributed by atoms with Crippen LogP contribution >= 0.6 is 0 Å². The first-order valence-electron chi connectivity index (χ1n) is 6.99. The Kier molecular flexibility index (Phi) is 7.96. The Morgan fingerprint density at radius 2 is 1.90 bits per heavy atom. The van der Waals surface area contributed by atoms with Gasteiger partial charge in [0.15, 0.2) is 0 Å². The quantitative estimate of drug-likeness (QED) is 0.671. The number of hydrogen-bond donors (Lipinski definition) is 2. The van der Waals surface area contributed by atoms with Crippen LogP contribution in [-0.2, 0) is 9.53 Å². The Morgan fingerprint density at radius 3 is 2.35 bits per heavy atom. The predicted octanol–water partition coefficient (Wildman–Crippen LogP) is 3.35. The summed E-state index contributed by atoms with van der Waals surface area (Å²) in [6, 6.07) is -0.906. The van der Waals surface area contributed by atoms with E-state index in [9.17, 15) is 9.59 Å². The van der Waals surface area contributed by atoms with Crippen molar-refractivity contribution in [2.75, 3.05) is 0 Å². The van der Waals surface area contributed by atoms with Gasteiger partial charge in [-0.15, -0.1) is 6.58 Å². The van der Waals surface area contributed by atoms with Crippen molar-refractivity contribution in [1.82, 2.24) is 5.32 Å². The molecule has 5 nitrogen and oxygen atoms in total. The number of alkyl carbamates (subject to hydrolysis) is 1. The van der Waals surface area contributed by atoms with Crippen molar-refractivity contribution < 1.29 is 19.4 Å². The summed E-state index contributed by atoms with van der Waals surface area (Å²) in [7, 11) is 0. The van der Waals surface area contributed by atoms with E-state index < -0.39 is 23.7 Å². The van der Waals surface area contributed by atoms with Crippen molar-refractivity contribution in [3.63, 3.8) is 0 Å². The van der Waals surface area contributed by atoms with Crippen molar-refractivity contribution in [3.8, 4) is 0 Å². The number of carboxylic acid groups (broad SMARTS) is 1. The SMILES string of the molecule is C=CCCC(C)CCC(NC(=O)OC(C)(C)C)C(=O)O. The maximum absolute atomic E-state index is 11.6. The van der Waals surface area contributed by atoms with E-state index in [1.807, 2.05) is 6.08 Å². The molecule has 0 bridgehead atoms. The van der Waals surface area contributed by atoms with Crippen LogP contribution in [-0.4, -0.2) is 28.8 Å². The zero-order chi connectivity index (χ0) is 15.8. The molecule has 116 valence electrons. The van der Waals surface area contributed by atoms with Gasteiger partial charge in [-0.25, -0.2) is 9.59 Å². The van der Waals surface area contributed by atoms with Crippen molar-refractivity contribution in [3.05, 3.63) is 12.7 Å². The molecule has 0 aliphatic heterocycles. The molecule has 0 aliphatic carbocycles. The van der Waals surface area contributed by atoms with Gasteiger partial charge in [0.05, 0.1) is 0 Å². The van der Waals surface area contributed by atoms with Crippen LogP contribution in [0.2, 0.25) is 0 Å². The third-order valence-corrected chi connectivity index (χ3v) is 2.80. The van der Waals surface area contributed by atoms with Crippen LogP contribution in [0.3, 0.4) is 0 Å². The summed E-state index contributed by atoms with van der Waals surface area (Å²) in [6.07, 6.45) is 4.18. The summed E-state index contributed by atoms with van der Waals surface area (Å²) in [6.45, 7) is 10.9. The molecular formula is C15H27NO4. The summed E-state index contributed by atoms with van der Waals surface area (Å²) < 4.78 is 5.06. The number of amides is 1. The fraction of sp³-hybridized carbons (Fsp3) is 0.733. The zero-order valence-corrected chi connectivity index (χ0v) is 12.9. The van der Waals surface area contributed by atoms with Crippen LogP contribution in [0.5, 0.6) is 0 Å². The maximum Gasteiger partial charge on any atom is 0.408 e. The highest BCUT2D eigenvalue weighted by Crippen LogP contribution is 2.15. The second-order valence-electron chi connectivity index (χ2n) is 6.09. The van der Waals surface area contributed by atoms with Gasteiger partial charge in [-0.2, -0.15) is 0 Å². The summed E-state index contributed by atoms with van der Waals surface area (Å²) >= 11 is 0. The Labute approximate surface area is 121 Å². The van der Waals surface area contributed by atoms with Crippen molar-refractivity contribution >= 4 is 12.1 Å².